The fourth-order valence-electron chi connectivity index (χ4n) is 2.06. The standard InChI is InChI=1S/C11H20BrNO/c1-9-3-5-10(6-4-9)11(14)13(2)8-7-12/h9-10H,3-8H2,1-2H3. The second-order valence-electron chi connectivity index (χ2n) is 4.41. The number of amides is 1. The molecule has 0 aromatic rings. The zero-order valence-electron chi connectivity index (χ0n) is 9.13. The van der Waals surface area contributed by atoms with E-state index in [9.17, 15) is 4.79 Å². The van der Waals surface area contributed by atoms with Crippen LogP contribution in [-0.4, -0.2) is 29.7 Å². The monoisotopic (exact) mass is 261 g/mol. The van der Waals surface area contributed by atoms with Gasteiger partial charge in [-0.3, -0.25) is 4.79 Å². The third-order valence-electron chi connectivity index (χ3n) is 3.16. The SMILES string of the molecule is CC1CCC(C(=O)N(C)CCBr)CC1. The first-order valence-corrected chi connectivity index (χ1v) is 6.58. The molecule has 1 saturated carbocycles. The maximum Gasteiger partial charge on any atom is 0.225 e. The molecule has 0 N–H and O–H groups in total. The van der Waals surface area contributed by atoms with Crippen LogP contribution in [0.4, 0.5) is 0 Å². The van der Waals surface area contributed by atoms with E-state index in [1.165, 1.54) is 12.8 Å². The van der Waals surface area contributed by atoms with Gasteiger partial charge in [0.1, 0.15) is 0 Å². The van der Waals surface area contributed by atoms with Crippen molar-refractivity contribution in [2.75, 3.05) is 18.9 Å². The van der Waals surface area contributed by atoms with Crippen LogP contribution in [0, 0.1) is 11.8 Å². The molecule has 1 amide bonds. The second kappa shape index (κ2) is 5.74. The average Bonchev–Trinajstić information content (AvgIpc) is 2.18. The molecule has 3 heteroatoms. The van der Waals surface area contributed by atoms with E-state index in [4.69, 9.17) is 0 Å². The van der Waals surface area contributed by atoms with Gasteiger partial charge in [-0.15, -0.1) is 0 Å². The first kappa shape index (κ1) is 12.0. The molecule has 0 bridgehead atoms. The van der Waals surface area contributed by atoms with Crippen molar-refractivity contribution in [3.05, 3.63) is 0 Å². The molecule has 1 fully saturated rings. The third-order valence-corrected chi connectivity index (χ3v) is 3.52. The van der Waals surface area contributed by atoms with E-state index in [0.717, 1.165) is 30.6 Å². The lowest BCUT2D eigenvalue weighted by Gasteiger charge is -2.28. The Balaban J connectivity index is 2.37. The molecular formula is C11H20BrNO. The highest BCUT2D eigenvalue weighted by Gasteiger charge is 2.26. The van der Waals surface area contributed by atoms with Gasteiger partial charge in [0, 0.05) is 24.8 Å². The quantitative estimate of drug-likeness (QED) is 0.716. The summed E-state index contributed by atoms with van der Waals surface area (Å²) in [5, 5.41) is 0.873. The van der Waals surface area contributed by atoms with Crippen LogP contribution in [0.1, 0.15) is 32.6 Å². The van der Waals surface area contributed by atoms with Gasteiger partial charge >= 0.3 is 0 Å². The molecule has 1 rings (SSSR count). The molecule has 0 atom stereocenters. The molecular weight excluding hydrogens is 242 g/mol. The predicted octanol–water partition coefficient (Wildman–Crippen LogP) is 2.67. The summed E-state index contributed by atoms with van der Waals surface area (Å²) in [6, 6.07) is 0. The Morgan fingerprint density at radius 3 is 2.43 bits per heavy atom. The fourth-order valence-corrected chi connectivity index (χ4v) is 2.59. The number of carbonyl (C=O) groups excluding carboxylic acids is 1. The van der Waals surface area contributed by atoms with E-state index >= 15 is 0 Å². The van der Waals surface area contributed by atoms with Crippen molar-refractivity contribution in [3.8, 4) is 0 Å². The van der Waals surface area contributed by atoms with Gasteiger partial charge in [0.25, 0.3) is 0 Å². The molecule has 0 aromatic carbocycles. The highest BCUT2D eigenvalue weighted by Crippen LogP contribution is 2.29. The Hall–Kier alpha value is -0.0500. The van der Waals surface area contributed by atoms with Gasteiger partial charge < -0.3 is 4.90 Å². The van der Waals surface area contributed by atoms with Crippen molar-refractivity contribution < 1.29 is 4.79 Å². The number of halogens is 1. The molecule has 1 aliphatic rings. The van der Waals surface area contributed by atoms with Crippen LogP contribution in [0.3, 0.4) is 0 Å². The summed E-state index contributed by atoms with van der Waals surface area (Å²) in [6.45, 7) is 3.10. The zero-order valence-corrected chi connectivity index (χ0v) is 10.7. The topological polar surface area (TPSA) is 20.3 Å². The van der Waals surface area contributed by atoms with Crippen LogP contribution < -0.4 is 0 Å². The number of hydrogen-bond donors (Lipinski definition) is 0. The van der Waals surface area contributed by atoms with Gasteiger partial charge in [-0.1, -0.05) is 22.9 Å². The minimum Gasteiger partial charge on any atom is -0.345 e. The molecule has 82 valence electrons. The molecule has 0 spiro atoms. The van der Waals surface area contributed by atoms with E-state index in [0.29, 0.717) is 11.8 Å². The van der Waals surface area contributed by atoms with Crippen molar-refractivity contribution in [1.29, 1.82) is 0 Å². The molecule has 0 heterocycles. The lowest BCUT2D eigenvalue weighted by molar-refractivity contribution is -0.135. The van der Waals surface area contributed by atoms with Crippen LogP contribution in [0.15, 0.2) is 0 Å². The predicted molar refractivity (Wildman–Crippen MR) is 62.6 cm³/mol. The van der Waals surface area contributed by atoms with Crippen LogP contribution >= 0.6 is 15.9 Å². The third kappa shape index (κ3) is 3.26. The molecule has 0 aromatic heterocycles. The van der Waals surface area contributed by atoms with Crippen molar-refractivity contribution in [3.63, 3.8) is 0 Å². The van der Waals surface area contributed by atoms with Crippen molar-refractivity contribution in [2.45, 2.75) is 32.6 Å². The normalized spacial score (nSPS) is 27.4. The van der Waals surface area contributed by atoms with Gasteiger partial charge in [-0.2, -0.15) is 0 Å². The Kier molecular flexibility index (Phi) is 4.93. The maximum atomic E-state index is 11.9. The van der Waals surface area contributed by atoms with Gasteiger partial charge in [0.15, 0.2) is 0 Å². The van der Waals surface area contributed by atoms with Gasteiger partial charge in [-0.25, -0.2) is 0 Å². The molecule has 0 saturated heterocycles. The van der Waals surface area contributed by atoms with E-state index in [1.54, 1.807) is 0 Å². The van der Waals surface area contributed by atoms with Crippen LogP contribution in [0.2, 0.25) is 0 Å². The molecule has 0 unspecified atom stereocenters. The average molecular weight is 262 g/mol. The first-order valence-electron chi connectivity index (χ1n) is 5.46. The summed E-state index contributed by atoms with van der Waals surface area (Å²) in [6.07, 6.45) is 4.62. The largest absolute Gasteiger partial charge is 0.345 e. The minimum absolute atomic E-state index is 0.301. The Morgan fingerprint density at radius 1 is 1.36 bits per heavy atom. The summed E-state index contributed by atoms with van der Waals surface area (Å²) in [5.41, 5.74) is 0. The molecule has 1 aliphatic carbocycles. The number of alkyl halides is 1. The number of nitrogens with zero attached hydrogens (tertiary/aromatic N) is 1. The van der Waals surface area contributed by atoms with Crippen LogP contribution in [0.25, 0.3) is 0 Å². The van der Waals surface area contributed by atoms with E-state index in [2.05, 4.69) is 22.9 Å². The number of rotatable bonds is 3. The minimum atomic E-state index is 0.301. The lowest BCUT2D eigenvalue weighted by Crippen LogP contribution is -2.35. The Labute approximate surface area is 95.2 Å². The summed E-state index contributed by atoms with van der Waals surface area (Å²) in [4.78, 5) is 13.8. The summed E-state index contributed by atoms with van der Waals surface area (Å²) in [5.74, 6) is 1.46. The van der Waals surface area contributed by atoms with Crippen LogP contribution in [0.5, 0.6) is 0 Å². The first-order chi connectivity index (χ1) is 6.65. The van der Waals surface area contributed by atoms with E-state index in [-0.39, 0.29) is 0 Å². The van der Waals surface area contributed by atoms with Gasteiger partial charge in [0.2, 0.25) is 5.91 Å². The highest BCUT2D eigenvalue weighted by molar-refractivity contribution is 9.09. The summed E-state index contributed by atoms with van der Waals surface area (Å²) in [7, 11) is 1.90. The van der Waals surface area contributed by atoms with Crippen LogP contribution in [-0.2, 0) is 4.79 Å². The zero-order chi connectivity index (χ0) is 10.6. The van der Waals surface area contributed by atoms with Gasteiger partial charge in [-0.05, 0) is 31.6 Å². The number of hydrogen-bond acceptors (Lipinski definition) is 1. The summed E-state index contributed by atoms with van der Waals surface area (Å²) < 4.78 is 0. The smallest absolute Gasteiger partial charge is 0.225 e. The van der Waals surface area contributed by atoms with E-state index < -0.39 is 0 Å². The lowest BCUT2D eigenvalue weighted by atomic mass is 9.82. The molecule has 0 aliphatic heterocycles. The van der Waals surface area contributed by atoms with Crippen molar-refractivity contribution in [1.82, 2.24) is 4.90 Å². The Bertz CT molecular complexity index is 188. The maximum absolute atomic E-state index is 11.9. The highest BCUT2D eigenvalue weighted by atomic mass is 79.9. The Morgan fingerprint density at radius 2 is 1.93 bits per heavy atom. The van der Waals surface area contributed by atoms with Crippen molar-refractivity contribution in [2.24, 2.45) is 11.8 Å². The fraction of sp³-hybridized carbons (Fsp3) is 0.909. The van der Waals surface area contributed by atoms with E-state index in [1.807, 2.05) is 11.9 Å². The summed E-state index contributed by atoms with van der Waals surface area (Å²) >= 11 is 3.36. The second-order valence-corrected chi connectivity index (χ2v) is 5.20. The number of carbonyl (C=O) groups is 1. The molecule has 2 nitrogen and oxygen atoms in total. The molecule has 14 heavy (non-hydrogen) atoms. The van der Waals surface area contributed by atoms with Gasteiger partial charge in [0.05, 0.1) is 0 Å². The van der Waals surface area contributed by atoms with Crippen molar-refractivity contribution >= 4 is 21.8 Å². The molecule has 0 radical (unpaired) electrons.